The molecule has 2 N–H and O–H groups in total. The Morgan fingerprint density at radius 1 is 1.20 bits per heavy atom. The zero-order chi connectivity index (χ0) is 18.1. The summed E-state index contributed by atoms with van der Waals surface area (Å²) in [6, 6.07) is 13.5. The van der Waals surface area contributed by atoms with Crippen molar-refractivity contribution in [2.24, 2.45) is 0 Å². The number of hydrogen-bond acceptors (Lipinski definition) is 3. The van der Waals surface area contributed by atoms with E-state index in [-0.39, 0.29) is 18.5 Å². The van der Waals surface area contributed by atoms with Crippen LogP contribution in [0.25, 0.3) is 0 Å². The third kappa shape index (κ3) is 6.97. The second kappa shape index (κ2) is 9.84. The van der Waals surface area contributed by atoms with Crippen molar-refractivity contribution in [2.75, 3.05) is 13.6 Å². The SMILES string of the molecule is CN(CCc1cccs1)C(=O)NC(CCC(=O)O)Cc1ccccc1. The van der Waals surface area contributed by atoms with Crippen LogP contribution in [0.3, 0.4) is 0 Å². The van der Waals surface area contributed by atoms with E-state index in [9.17, 15) is 9.59 Å². The van der Waals surface area contributed by atoms with Gasteiger partial charge in [-0.2, -0.15) is 0 Å². The van der Waals surface area contributed by atoms with Crippen molar-refractivity contribution in [3.63, 3.8) is 0 Å². The Hall–Kier alpha value is -2.34. The number of thiophene rings is 1. The summed E-state index contributed by atoms with van der Waals surface area (Å²) in [5.74, 6) is -0.849. The lowest BCUT2D eigenvalue weighted by Gasteiger charge is -2.23. The van der Waals surface area contributed by atoms with Gasteiger partial charge in [-0.15, -0.1) is 11.3 Å². The smallest absolute Gasteiger partial charge is 0.317 e. The summed E-state index contributed by atoms with van der Waals surface area (Å²) in [5.41, 5.74) is 1.08. The Balaban J connectivity index is 1.89. The van der Waals surface area contributed by atoms with Crippen molar-refractivity contribution in [3.8, 4) is 0 Å². The van der Waals surface area contributed by atoms with Gasteiger partial charge in [-0.25, -0.2) is 4.79 Å². The number of rotatable bonds is 9. The molecule has 0 aliphatic heterocycles. The average molecular weight is 360 g/mol. The van der Waals surface area contributed by atoms with Gasteiger partial charge in [0.1, 0.15) is 0 Å². The number of carbonyl (C=O) groups excluding carboxylic acids is 1. The van der Waals surface area contributed by atoms with Crippen molar-refractivity contribution >= 4 is 23.3 Å². The molecule has 25 heavy (non-hydrogen) atoms. The predicted molar refractivity (Wildman–Crippen MR) is 100.0 cm³/mol. The Morgan fingerprint density at radius 3 is 2.60 bits per heavy atom. The molecule has 0 saturated heterocycles. The van der Waals surface area contributed by atoms with Crippen LogP contribution < -0.4 is 5.32 Å². The molecule has 0 bridgehead atoms. The summed E-state index contributed by atoms with van der Waals surface area (Å²) in [4.78, 5) is 26.2. The van der Waals surface area contributed by atoms with Crippen LogP contribution in [0.15, 0.2) is 47.8 Å². The van der Waals surface area contributed by atoms with Crippen LogP contribution in [0.4, 0.5) is 4.79 Å². The molecule has 0 radical (unpaired) electrons. The van der Waals surface area contributed by atoms with Gasteiger partial charge in [-0.3, -0.25) is 4.79 Å². The molecular weight excluding hydrogens is 336 g/mol. The van der Waals surface area contributed by atoms with Crippen molar-refractivity contribution in [1.29, 1.82) is 0 Å². The molecule has 1 aromatic heterocycles. The third-order valence-corrected chi connectivity index (χ3v) is 4.92. The first-order chi connectivity index (χ1) is 12.0. The molecule has 1 heterocycles. The normalized spacial score (nSPS) is 11.7. The van der Waals surface area contributed by atoms with Gasteiger partial charge in [-0.05, 0) is 36.3 Å². The topological polar surface area (TPSA) is 69.6 Å². The van der Waals surface area contributed by atoms with Crippen molar-refractivity contribution in [3.05, 3.63) is 58.3 Å². The fraction of sp³-hybridized carbons (Fsp3) is 0.368. The number of likely N-dealkylation sites (N-methyl/N-ethyl adjacent to an activating group) is 1. The highest BCUT2D eigenvalue weighted by molar-refractivity contribution is 7.09. The van der Waals surface area contributed by atoms with Gasteiger partial charge in [0.05, 0.1) is 0 Å². The van der Waals surface area contributed by atoms with Gasteiger partial charge in [-0.1, -0.05) is 36.4 Å². The van der Waals surface area contributed by atoms with E-state index in [2.05, 4.69) is 11.4 Å². The highest BCUT2D eigenvalue weighted by Gasteiger charge is 2.17. The molecular formula is C19H24N2O3S. The number of hydrogen-bond donors (Lipinski definition) is 2. The second-order valence-corrected chi connectivity index (χ2v) is 7.05. The standard InChI is InChI=1S/C19H24N2O3S/c1-21(12-11-17-8-5-13-25-17)19(24)20-16(9-10-18(22)23)14-15-6-3-2-4-7-15/h2-8,13,16H,9-12,14H2,1H3,(H,20,24)(H,22,23). The number of benzene rings is 1. The quantitative estimate of drug-likeness (QED) is 0.720. The van der Waals surface area contributed by atoms with Crippen molar-refractivity contribution in [1.82, 2.24) is 10.2 Å². The average Bonchev–Trinajstić information content (AvgIpc) is 3.12. The Morgan fingerprint density at radius 2 is 1.96 bits per heavy atom. The lowest BCUT2D eigenvalue weighted by molar-refractivity contribution is -0.137. The van der Waals surface area contributed by atoms with Gasteiger partial charge in [0, 0.05) is 30.9 Å². The maximum atomic E-state index is 12.4. The molecule has 6 heteroatoms. The fourth-order valence-electron chi connectivity index (χ4n) is 2.54. The third-order valence-electron chi connectivity index (χ3n) is 3.98. The largest absolute Gasteiger partial charge is 0.481 e. The van der Waals surface area contributed by atoms with Crippen LogP contribution in [0.2, 0.25) is 0 Å². The minimum atomic E-state index is -0.849. The number of carboxylic acids is 1. The molecule has 0 saturated carbocycles. The maximum Gasteiger partial charge on any atom is 0.317 e. The van der Waals surface area contributed by atoms with Crippen molar-refractivity contribution in [2.45, 2.75) is 31.7 Å². The van der Waals surface area contributed by atoms with Crippen LogP contribution >= 0.6 is 11.3 Å². The van der Waals surface area contributed by atoms with E-state index in [0.29, 0.717) is 19.4 Å². The number of carboxylic acid groups (broad SMARTS) is 1. The van der Waals surface area contributed by atoms with E-state index in [4.69, 9.17) is 5.11 Å². The molecule has 0 aliphatic rings. The molecule has 2 aromatic rings. The summed E-state index contributed by atoms with van der Waals surface area (Å²) in [5, 5.41) is 13.9. The van der Waals surface area contributed by atoms with Gasteiger partial charge in [0.25, 0.3) is 0 Å². The first-order valence-electron chi connectivity index (χ1n) is 8.34. The first kappa shape index (κ1) is 19.0. The summed E-state index contributed by atoms with van der Waals surface area (Å²) in [6.45, 7) is 0.628. The van der Waals surface area contributed by atoms with E-state index in [0.717, 1.165) is 12.0 Å². The highest BCUT2D eigenvalue weighted by Crippen LogP contribution is 2.11. The molecule has 2 rings (SSSR count). The minimum absolute atomic E-state index is 0.0384. The zero-order valence-corrected chi connectivity index (χ0v) is 15.2. The monoisotopic (exact) mass is 360 g/mol. The van der Waals surface area contributed by atoms with Crippen LogP contribution in [0.1, 0.15) is 23.3 Å². The number of amides is 2. The van der Waals surface area contributed by atoms with E-state index >= 15 is 0 Å². The Kier molecular flexibility index (Phi) is 7.47. The zero-order valence-electron chi connectivity index (χ0n) is 14.4. The fourth-order valence-corrected chi connectivity index (χ4v) is 3.24. The van der Waals surface area contributed by atoms with Gasteiger partial charge < -0.3 is 15.3 Å². The lowest BCUT2D eigenvalue weighted by Crippen LogP contribution is -2.44. The molecule has 5 nitrogen and oxygen atoms in total. The second-order valence-electron chi connectivity index (χ2n) is 6.02. The summed E-state index contributed by atoms with van der Waals surface area (Å²) in [6.07, 6.45) is 1.89. The van der Waals surface area contributed by atoms with Gasteiger partial charge in [0.15, 0.2) is 0 Å². The van der Waals surface area contributed by atoms with Crippen LogP contribution in [-0.4, -0.2) is 41.6 Å². The summed E-state index contributed by atoms with van der Waals surface area (Å²) >= 11 is 1.68. The first-order valence-corrected chi connectivity index (χ1v) is 9.22. The molecule has 1 aromatic carbocycles. The van der Waals surface area contributed by atoms with E-state index in [1.54, 1.807) is 23.3 Å². The van der Waals surface area contributed by atoms with E-state index in [1.807, 2.05) is 41.8 Å². The maximum absolute atomic E-state index is 12.4. The Labute approximate surface area is 152 Å². The van der Waals surface area contributed by atoms with E-state index in [1.165, 1.54) is 4.88 Å². The van der Waals surface area contributed by atoms with Crippen LogP contribution in [0, 0.1) is 0 Å². The van der Waals surface area contributed by atoms with Crippen LogP contribution in [0.5, 0.6) is 0 Å². The minimum Gasteiger partial charge on any atom is -0.481 e. The van der Waals surface area contributed by atoms with E-state index < -0.39 is 5.97 Å². The number of nitrogens with zero attached hydrogens (tertiary/aromatic N) is 1. The molecule has 0 aliphatic carbocycles. The molecule has 0 spiro atoms. The molecule has 2 amide bonds. The molecule has 0 fully saturated rings. The molecule has 1 unspecified atom stereocenters. The predicted octanol–water partition coefficient (Wildman–Crippen LogP) is 3.41. The van der Waals surface area contributed by atoms with Gasteiger partial charge in [0.2, 0.25) is 0 Å². The highest BCUT2D eigenvalue weighted by atomic mass is 32.1. The number of carbonyl (C=O) groups is 2. The number of urea groups is 1. The van der Waals surface area contributed by atoms with Crippen molar-refractivity contribution < 1.29 is 14.7 Å². The number of nitrogens with one attached hydrogen (secondary N) is 1. The number of aliphatic carboxylic acids is 1. The lowest BCUT2D eigenvalue weighted by atomic mass is 10.0. The van der Waals surface area contributed by atoms with Gasteiger partial charge >= 0.3 is 12.0 Å². The van der Waals surface area contributed by atoms with Crippen LogP contribution in [-0.2, 0) is 17.6 Å². The summed E-state index contributed by atoms with van der Waals surface area (Å²) in [7, 11) is 1.76. The molecule has 1 atom stereocenters. The summed E-state index contributed by atoms with van der Waals surface area (Å²) < 4.78 is 0. The Bertz CT molecular complexity index is 659. The molecule has 134 valence electrons.